The van der Waals surface area contributed by atoms with Gasteiger partial charge in [0.15, 0.2) is 5.75 Å². The lowest BCUT2D eigenvalue weighted by molar-refractivity contribution is 0.469. The van der Waals surface area contributed by atoms with Gasteiger partial charge in [0.05, 0.1) is 11.6 Å². The van der Waals surface area contributed by atoms with Crippen molar-refractivity contribution < 1.29 is 4.74 Å². The average Bonchev–Trinajstić information content (AvgIpc) is 2.68. The predicted octanol–water partition coefficient (Wildman–Crippen LogP) is 5.94. The minimum atomic E-state index is -0.262. The van der Waals surface area contributed by atoms with Gasteiger partial charge in [-0.2, -0.15) is 5.26 Å². The summed E-state index contributed by atoms with van der Waals surface area (Å²) in [5.41, 5.74) is 3.08. The van der Waals surface area contributed by atoms with Crippen LogP contribution in [0.3, 0.4) is 0 Å². The van der Waals surface area contributed by atoms with E-state index in [-0.39, 0.29) is 5.56 Å². The molecule has 3 rings (SSSR count). The van der Waals surface area contributed by atoms with E-state index in [1.54, 1.807) is 18.2 Å². The Morgan fingerprint density at radius 2 is 1.93 bits per heavy atom. The van der Waals surface area contributed by atoms with E-state index in [0.29, 0.717) is 26.6 Å². The van der Waals surface area contributed by atoms with Crippen molar-refractivity contribution in [2.24, 2.45) is 0 Å². The Morgan fingerprint density at radius 1 is 1.18 bits per heavy atom. The minimum absolute atomic E-state index is 0.262. The molecule has 142 valence electrons. The third kappa shape index (κ3) is 4.83. The highest BCUT2D eigenvalue weighted by atomic mass is 79.9. The van der Waals surface area contributed by atoms with Crippen molar-refractivity contribution >= 4 is 27.5 Å². The fourth-order valence-electron chi connectivity index (χ4n) is 3.03. The number of aromatic nitrogens is 1. The molecule has 1 N–H and O–H groups in total. The van der Waals surface area contributed by atoms with Gasteiger partial charge in [0.1, 0.15) is 10.2 Å². The maximum atomic E-state index is 12.2. The van der Waals surface area contributed by atoms with E-state index >= 15 is 0 Å². The number of ether oxygens (including phenoxy) is 1. The summed E-state index contributed by atoms with van der Waals surface area (Å²) in [4.78, 5) is 15.1. The van der Waals surface area contributed by atoms with Crippen molar-refractivity contribution in [3.05, 3.63) is 90.8 Å². The molecule has 4 nitrogen and oxygen atoms in total. The molecule has 1 aromatic heterocycles. The molecule has 0 aliphatic heterocycles. The number of rotatable bonds is 6. The summed E-state index contributed by atoms with van der Waals surface area (Å²) < 4.78 is 6.35. The molecular weight excluding hydrogens is 440 g/mol. The van der Waals surface area contributed by atoms with Crippen LogP contribution in [0.15, 0.2) is 57.8 Å². The number of H-pyrrole nitrogens is 1. The number of aryl methyl sites for hydroxylation is 2. The summed E-state index contributed by atoms with van der Waals surface area (Å²) in [6.45, 7) is 1.86. The molecule has 0 saturated heterocycles. The Balaban J connectivity index is 1.90. The molecule has 0 saturated carbocycles. The van der Waals surface area contributed by atoms with Gasteiger partial charge in [-0.3, -0.25) is 4.79 Å². The Bertz CT molecular complexity index is 1090. The van der Waals surface area contributed by atoms with Crippen LogP contribution in [0, 0.1) is 18.3 Å². The van der Waals surface area contributed by atoms with Crippen LogP contribution in [0.5, 0.6) is 11.5 Å². The summed E-state index contributed by atoms with van der Waals surface area (Å²) in [6, 6.07) is 17.1. The van der Waals surface area contributed by atoms with Gasteiger partial charge in [0, 0.05) is 16.3 Å². The topological polar surface area (TPSA) is 65.9 Å². The van der Waals surface area contributed by atoms with E-state index in [1.807, 2.05) is 25.1 Å². The molecule has 0 amide bonds. The van der Waals surface area contributed by atoms with E-state index in [4.69, 9.17) is 21.6 Å². The SMILES string of the molecule is Cc1[nH]c(=O)c(Br)c(Oc2cc(Cl)cc(C#N)c2)c1CCCc1ccccc1. The Kier molecular flexibility index (Phi) is 6.56. The van der Waals surface area contributed by atoms with Crippen molar-refractivity contribution in [1.29, 1.82) is 5.26 Å². The number of hydrogen-bond acceptors (Lipinski definition) is 3. The number of aromatic amines is 1. The number of halogens is 2. The van der Waals surface area contributed by atoms with Gasteiger partial charge in [0.2, 0.25) is 0 Å². The molecule has 0 fully saturated rings. The molecule has 2 aromatic carbocycles. The molecule has 0 radical (unpaired) electrons. The molecule has 0 aliphatic rings. The summed E-state index contributed by atoms with van der Waals surface area (Å²) in [6.07, 6.45) is 2.56. The average molecular weight is 458 g/mol. The number of nitriles is 1. The van der Waals surface area contributed by atoms with E-state index in [1.165, 1.54) is 5.56 Å². The molecule has 0 bridgehead atoms. The van der Waals surface area contributed by atoms with Crippen molar-refractivity contribution in [1.82, 2.24) is 4.98 Å². The zero-order valence-corrected chi connectivity index (χ0v) is 17.6. The molecule has 0 spiro atoms. The molecule has 3 aromatic rings. The van der Waals surface area contributed by atoms with Crippen molar-refractivity contribution in [2.75, 3.05) is 0 Å². The van der Waals surface area contributed by atoms with E-state index in [9.17, 15) is 4.79 Å². The number of benzene rings is 2. The van der Waals surface area contributed by atoms with E-state index < -0.39 is 0 Å². The summed E-state index contributed by atoms with van der Waals surface area (Å²) in [5.74, 6) is 0.875. The minimum Gasteiger partial charge on any atom is -0.456 e. The Labute approximate surface area is 176 Å². The zero-order chi connectivity index (χ0) is 20.1. The third-order valence-corrected chi connectivity index (χ3v) is 5.32. The summed E-state index contributed by atoms with van der Waals surface area (Å²) >= 11 is 9.42. The molecule has 6 heteroatoms. The van der Waals surface area contributed by atoms with Crippen LogP contribution in [-0.4, -0.2) is 4.98 Å². The number of nitrogens with zero attached hydrogens (tertiary/aromatic N) is 1. The highest BCUT2D eigenvalue weighted by Gasteiger charge is 2.17. The third-order valence-electron chi connectivity index (χ3n) is 4.38. The number of pyridine rings is 1. The second-order valence-corrected chi connectivity index (χ2v) is 7.66. The number of nitrogens with one attached hydrogen (secondary N) is 1. The number of hydrogen-bond donors (Lipinski definition) is 1. The molecular formula is C22H18BrClN2O2. The van der Waals surface area contributed by atoms with E-state index in [0.717, 1.165) is 30.5 Å². The van der Waals surface area contributed by atoms with Crippen LogP contribution in [-0.2, 0) is 12.8 Å². The quantitative estimate of drug-likeness (QED) is 0.498. The normalized spacial score (nSPS) is 10.5. The van der Waals surface area contributed by atoms with Crippen LogP contribution < -0.4 is 10.3 Å². The Morgan fingerprint density at radius 3 is 2.64 bits per heavy atom. The first-order valence-corrected chi connectivity index (χ1v) is 9.98. The van der Waals surface area contributed by atoms with Gasteiger partial charge in [-0.05, 0) is 65.9 Å². The fourth-order valence-corrected chi connectivity index (χ4v) is 3.68. The van der Waals surface area contributed by atoms with Crippen molar-refractivity contribution in [2.45, 2.75) is 26.2 Å². The lowest BCUT2D eigenvalue weighted by Gasteiger charge is -2.15. The second kappa shape index (κ2) is 9.09. The lowest BCUT2D eigenvalue weighted by atomic mass is 10.0. The molecule has 1 heterocycles. The molecule has 0 unspecified atom stereocenters. The van der Waals surface area contributed by atoms with Gasteiger partial charge in [-0.15, -0.1) is 0 Å². The van der Waals surface area contributed by atoms with Crippen LogP contribution >= 0.6 is 27.5 Å². The second-order valence-electron chi connectivity index (χ2n) is 6.43. The molecule has 0 atom stereocenters. The molecule has 0 aliphatic carbocycles. The lowest BCUT2D eigenvalue weighted by Crippen LogP contribution is -2.13. The summed E-state index contributed by atoms with van der Waals surface area (Å²) in [7, 11) is 0. The standard InChI is InChI=1S/C22H18BrClN2O2/c1-14-19(9-5-8-15-6-3-2-4-7-15)21(20(23)22(27)26-14)28-18-11-16(13-25)10-17(24)12-18/h2-4,6-7,10-12H,5,8-9H2,1H3,(H,26,27). The van der Waals surface area contributed by atoms with Gasteiger partial charge in [0.25, 0.3) is 5.56 Å². The maximum absolute atomic E-state index is 12.2. The van der Waals surface area contributed by atoms with Gasteiger partial charge in [-0.25, -0.2) is 0 Å². The summed E-state index contributed by atoms with van der Waals surface area (Å²) in [5, 5.41) is 9.55. The van der Waals surface area contributed by atoms with Gasteiger partial charge < -0.3 is 9.72 Å². The monoisotopic (exact) mass is 456 g/mol. The smallest absolute Gasteiger partial charge is 0.266 e. The first kappa shape index (κ1) is 20.2. The van der Waals surface area contributed by atoms with Crippen molar-refractivity contribution in [3.63, 3.8) is 0 Å². The zero-order valence-electron chi connectivity index (χ0n) is 15.3. The maximum Gasteiger partial charge on any atom is 0.266 e. The predicted molar refractivity (Wildman–Crippen MR) is 114 cm³/mol. The van der Waals surface area contributed by atoms with Crippen molar-refractivity contribution in [3.8, 4) is 17.6 Å². The van der Waals surface area contributed by atoms with Crippen LogP contribution in [0.1, 0.15) is 28.8 Å². The first-order chi connectivity index (χ1) is 13.5. The van der Waals surface area contributed by atoms with Gasteiger partial charge >= 0.3 is 0 Å². The van der Waals surface area contributed by atoms with Crippen LogP contribution in [0.2, 0.25) is 5.02 Å². The van der Waals surface area contributed by atoms with Crippen LogP contribution in [0.25, 0.3) is 0 Å². The van der Waals surface area contributed by atoms with E-state index in [2.05, 4.69) is 39.1 Å². The fraction of sp³-hybridized carbons (Fsp3) is 0.182. The van der Waals surface area contributed by atoms with Crippen LogP contribution in [0.4, 0.5) is 0 Å². The van der Waals surface area contributed by atoms with Gasteiger partial charge in [-0.1, -0.05) is 41.9 Å². The largest absolute Gasteiger partial charge is 0.456 e. The Hall–Kier alpha value is -2.55. The highest BCUT2D eigenvalue weighted by molar-refractivity contribution is 9.10. The molecule has 28 heavy (non-hydrogen) atoms. The highest BCUT2D eigenvalue weighted by Crippen LogP contribution is 2.34. The first-order valence-electron chi connectivity index (χ1n) is 8.81.